The van der Waals surface area contributed by atoms with Gasteiger partial charge >= 0.3 is 0 Å². The Kier molecular flexibility index (Phi) is 27.0. The van der Waals surface area contributed by atoms with Crippen molar-refractivity contribution in [1.82, 2.24) is 5.32 Å². The number of amides is 1. The molecule has 208 valence electrons. The van der Waals surface area contributed by atoms with Crippen LogP contribution in [0.5, 0.6) is 0 Å². The van der Waals surface area contributed by atoms with Crippen LogP contribution in [0, 0.1) is 0 Å². The van der Waals surface area contributed by atoms with Gasteiger partial charge in [-0.05, 0) is 19.3 Å². The van der Waals surface area contributed by atoms with Crippen LogP contribution in [0.4, 0.5) is 0 Å². The summed E-state index contributed by atoms with van der Waals surface area (Å²) in [4.78, 5) is 12.1. The second-order valence-corrected chi connectivity index (χ2v) is 10.5. The predicted molar refractivity (Wildman–Crippen MR) is 152 cm³/mol. The van der Waals surface area contributed by atoms with E-state index >= 15 is 0 Å². The van der Waals surface area contributed by atoms with E-state index in [2.05, 4.69) is 19.2 Å². The normalized spacial score (nSPS) is 13.4. The van der Waals surface area contributed by atoms with Gasteiger partial charge in [-0.1, -0.05) is 148 Å². The van der Waals surface area contributed by atoms with Crippen molar-refractivity contribution < 1.29 is 15.0 Å². The first-order chi connectivity index (χ1) is 17.2. The Bertz CT molecular complexity index is 466. The molecule has 0 aromatic carbocycles. The fourth-order valence-corrected chi connectivity index (χ4v) is 4.59. The van der Waals surface area contributed by atoms with Gasteiger partial charge in [0.1, 0.15) is 0 Å². The first-order valence-electron chi connectivity index (χ1n) is 15.4. The summed E-state index contributed by atoms with van der Waals surface area (Å²) in [7, 11) is 0. The highest BCUT2D eigenvalue weighted by Crippen LogP contribution is 2.14. The number of aliphatic hydroxyl groups excluding tert-OH is 2. The molecule has 0 rings (SSSR count). The molecule has 1 amide bonds. The SMILES string of the molecule is CCCCC/C=C/C(O)C(CO)NC(=O)CCCCCCCCCCCCCCCCCCCC. The summed E-state index contributed by atoms with van der Waals surface area (Å²) in [5.74, 6) is -0.0704. The van der Waals surface area contributed by atoms with Crippen LogP contribution in [0.25, 0.3) is 0 Å². The van der Waals surface area contributed by atoms with Crippen LogP contribution in [0.15, 0.2) is 12.2 Å². The van der Waals surface area contributed by atoms with Crippen LogP contribution >= 0.6 is 0 Å². The van der Waals surface area contributed by atoms with Crippen molar-refractivity contribution in [2.24, 2.45) is 0 Å². The Labute approximate surface area is 218 Å². The molecule has 0 aliphatic carbocycles. The van der Waals surface area contributed by atoms with Crippen molar-refractivity contribution in [3.63, 3.8) is 0 Å². The monoisotopic (exact) mass is 495 g/mol. The minimum atomic E-state index is -0.828. The molecule has 0 fully saturated rings. The van der Waals surface area contributed by atoms with Gasteiger partial charge in [0.05, 0.1) is 18.8 Å². The van der Waals surface area contributed by atoms with Crippen LogP contribution in [0.1, 0.15) is 162 Å². The second-order valence-electron chi connectivity index (χ2n) is 10.5. The number of rotatable bonds is 27. The number of unbranched alkanes of at least 4 members (excludes halogenated alkanes) is 20. The highest BCUT2D eigenvalue weighted by atomic mass is 16.3. The Hall–Kier alpha value is -0.870. The second kappa shape index (κ2) is 27.7. The van der Waals surface area contributed by atoms with E-state index in [4.69, 9.17) is 0 Å². The summed E-state index contributed by atoms with van der Waals surface area (Å²) in [6, 6.07) is -0.611. The standard InChI is InChI=1S/C31H61NO3/c1-3-5-7-9-10-11-12-13-14-15-16-17-18-19-20-21-23-25-27-31(35)32-29(28-33)30(34)26-24-22-8-6-4-2/h24,26,29-30,33-34H,3-23,25,27-28H2,1-2H3,(H,32,35)/b26-24+. The Morgan fingerprint density at radius 2 is 1.06 bits per heavy atom. The fraction of sp³-hybridized carbons (Fsp3) is 0.903. The van der Waals surface area contributed by atoms with Crippen LogP contribution in [0.2, 0.25) is 0 Å². The largest absolute Gasteiger partial charge is 0.394 e. The fourth-order valence-electron chi connectivity index (χ4n) is 4.59. The first kappa shape index (κ1) is 34.1. The third-order valence-electron chi connectivity index (χ3n) is 7.02. The average Bonchev–Trinajstić information content (AvgIpc) is 2.86. The van der Waals surface area contributed by atoms with Gasteiger partial charge in [0.25, 0.3) is 0 Å². The van der Waals surface area contributed by atoms with Gasteiger partial charge in [-0.25, -0.2) is 0 Å². The van der Waals surface area contributed by atoms with Gasteiger partial charge in [0.15, 0.2) is 0 Å². The quantitative estimate of drug-likeness (QED) is 0.0791. The first-order valence-corrected chi connectivity index (χ1v) is 15.4. The van der Waals surface area contributed by atoms with Gasteiger partial charge in [0, 0.05) is 6.42 Å². The van der Waals surface area contributed by atoms with Crippen molar-refractivity contribution >= 4 is 5.91 Å². The van der Waals surface area contributed by atoms with Gasteiger partial charge in [-0.3, -0.25) is 4.79 Å². The third kappa shape index (κ3) is 24.6. The maximum atomic E-state index is 12.1. The Morgan fingerprint density at radius 3 is 1.49 bits per heavy atom. The van der Waals surface area contributed by atoms with E-state index in [1.165, 1.54) is 116 Å². The molecule has 2 unspecified atom stereocenters. The number of nitrogens with one attached hydrogen (secondary N) is 1. The third-order valence-corrected chi connectivity index (χ3v) is 7.02. The Balaban J connectivity index is 3.48. The molecule has 2 atom stereocenters. The molecule has 0 bridgehead atoms. The van der Waals surface area contributed by atoms with Crippen LogP contribution in [0.3, 0.4) is 0 Å². The number of hydrogen-bond donors (Lipinski definition) is 3. The lowest BCUT2D eigenvalue weighted by atomic mass is 10.0. The summed E-state index contributed by atoms with van der Waals surface area (Å²) in [6.45, 7) is 4.20. The van der Waals surface area contributed by atoms with Gasteiger partial charge in [-0.2, -0.15) is 0 Å². The van der Waals surface area contributed by atoms with E-state index in [9.17, 15) is 15.0 Å². The van der Waals surface area contributed by atoms with Crippen LogP contribution < -0.4 is 5.32 Å². The van der Waals surface area contributed by atoms with Crippen LogP contribution in [-0.4, -0.2) is 34.9 Å². The van der Waals surface area contributed by atoms with Crippen LogP contribution in [-0.2, 0) is 4.79 Å². The number of carbonyl (C=O) groups is 1. The zero-order chi connectivity index (χ0) is 25.8. The average molecular weight is 496 g/mol. The lowest BCUT2D eigenvalue weighted by Gasteiger charge is -2.20. The highest BCUT2D eigenvalue weighted by Gasteiger charge is 2.17. The molecule has 4 nitrogen and oxygen atoms in total. The van der Waals surface area contributed by atoms with Gasteiger partial charge < -0.3 is 15.5 Å². The Morgan fingerprint density at radius 1 is 0.657 bits per heavy atom. The van der Waals surface area contributed by atoms with Crippen molar-refractivity contribution in [1.29, 1.82) is 0 Å². The molecule has 0 spiro atoms. The maximum absolute atomic E-state index is 12.1. The zero-order valence-electron chi connectivity index (χ0n) is 23.6. The number of aliphatic hydroxyl groups is 2. The molecule has 0 aliphatic heterocycles. The molecule has 35 heavy (non-hydrogen) atoms. The number of carbonyl (C=O) groups excluding carboxylic acids is 1. The summed E-state index contributed by atoms with van der Waals surface area (Å²) in [5.41, 5.74) is 0. The predicted octanol–water partition coefficient (Wildman–Crippen LogP) is 8.39. The molecular weight excluding hydrogens is 434 g/mol. The molecule has 0 saturated heterocycles. The summed E-state index contributed by atoms with van der Waals surface area (Å²) in [5, 5.41) is 22.5. The molecule has 0 aromatic heterocycles. The molecule has 0 saturated carbocycles. The molecule has 0 aliphatic rings. The molecule has 0 radical (unpaired) electrons. The molecule has 4 heteroatoms. The summed E-state index contributed by atoms with van der Waals surface area (Å²) in [6.07, 6.45) is 31.7. The van der Waals surface area contributed by atoms with Crippen molar-refractivity contribution in [2.45, 2.75) is 174 Å². The number of allylic oxidation sites excluding steroid dienone is 1. The van der Waals surface area contributed by atoms with Crippen molar-refractivity contribution in [2.75, 3.05) is 6.61 Å². The van der Waals surface area contributed by atoms with E-state index in [0.29, 0.717) is 6.42 Å². The topological polar surface area (TPSA) is 69.6 Å². The molecule has 0 heterocycles. The van der Waals surface area contributed by atoms with E-state index in [1.807, 2.05) is 6.08 Å². The lowest BCUT2D eigenvalue weighted by molar-refractivity contribution is -0.123. The number of hydrogen-bond acceptors (Lipinski definition) is 3. The highest BCUT2D eigenvalue weighted by molar-refractivity contribution is 5.76. The van der Waals surface area contributed by atoms with E-state index in [-0.39, 0.29) is 12.5 Å². The van der Waals surface area contributed by atoms with Gasteiger partial charge in [-0.15, -0.1) is 0 Å². The lowest BCUT2D eigenvalue weighted by Crippen LogP contribution is -2.45. The van der Waals surface area contributed by atoms with E-state index in [0.717, 1.165) is 25.7 Å². The smallest absolute Gasteiger partial charge is 0.220 e. The molecular formula is C31H61NO3. The molecule has 0 aromatic rings. The van der Waals surface area contributed by atoms with Gasteiger partial charge in [0.2, 0.25) is 5.91 Å². The summed E-state index contributed by atoms with van der Waals surface area (Å²) < 4.78 is 0. The molecule has 3 N–H and O–H groups in total. The maximum Gasteiger partial charge on any atom is 0.220 e. The minimum Gasteiger partial charge on any atom is -0.394 e. The van der Waals surface area contributed by atoms with Crippen molar-refractivity contribution in [3.05, 3.63) is 12.2 Å². The minimum absolute atomic E-state index is 0.0704. The van der Waals surface area contributed by atoms with E-state index < -0.39 is 12.1 Å². The van der Waals surface area contributed by atoms with Crippen molar-refractivity contribution in [3.8, 4) is 0 Å². The zero-order valence-corrected chi connectivity index (χ0v) is 23.6. The van der Waals surface area contributed by atoms with E-state index in [1.54, 1.807) is 6.08 Å². The summed E-state index contributed by atoms with van der Waals surface area (Å²) >= 11 is 0.